The van der Waals surface area contributed by atoms with Gasteiger partial charge in [-0.3, -0.25) is 0 Å². The van der Waals surface area contributed by atoms with Crippen molar-refractivity contribution in [2.75, 3.05) is 5.73 Å². The fourth-order valence-corrected chi connectivity index (χ4v) is 1.82. The molecule has 1 aliphatic carbocycles. The quantitative estimate of drug-likeness (QED) is 0.766. The first-order valence-corrected chi connectivity index (χ1v) is 5.08. The predicted octanol–water partition coefficient (Wildman–Crippen LogP) is 2.87. The SMILES string of the molecule is Nc1cc(OC2CCCC2)c(F)cc1F. The smallest absolute Gasteiger partial charge is 0.168 e. The lowest BCUT2D eigenvalue weighted by molar-refractivity contribution is 0.200. The Kier molecular flexibility index (Phi) is 2.75. The molecule has 0 bridgehead atoms. The first kappa shape index (κ1) is 10.2. The Labute approximate surface area is 87.0 Å². The molecule has 0 saturated heterocycles. The monoisotopic (exact) mass is 213 g/mol. The van der Waals surface area contributed by atoms with E-state index in [0.717, 1.165) is 31.7 Å². The van der Waals surface area contributed by atoms with Crippen LogP contribution in [0.15, 0.2) is 12.1 Å². The molecule has 0 aliphatic heterocycles. The maximum atomic E-state index is 13.3. The van der Waals surface area contributed by atoms with E-state index in [9.17, 15) is 8.78 Å². The van der Waals surface area contributed by atoms with E-state index in [2.05, 4.69) is 0 Å². The Bertz CT molecular complexity index is 362. The van der Waals surface area contributed by atoms with Gasteiger partial charge in [-0.15, -0.1) is 0 Å². The molecule has 2 nitrogen and oxygen atoms in total. The highest BCUT2D eigenvalue weighted by molar-refractivity contribution is 5.46. The number of nitrogen functional groups attached to an aromatic ring is 1. The summed E-state index contributed by atoms with van der Waals surface area (Å²) in [4.78, 5) is 0. The largest absolute Gasteiger partial charge is 0.487 e. The molecule has 4 heteroatoms. The first-order chi connectivity index (χ1) is 7.16. The van der Waals surface area contributed by atoms with Gasteiger partial charge in [0.1, 0.15) is 5.82 Å². The summed E-state index contributed by atoms with van der Waals surface area (Å²) in [5, 5.41) is 0. The highest BCUT2D eigenvalue weighted by Gasteiger charge is 2.19. The lowest BCUT2D eigenvalue weighted by Crippen LogP contribution is -2.12. The van der Waals surface area contributed by atoms with Gasteiger partial charge < -0.3 is 10.5 Å². The zero-order chi connectivity index (χ0) is 10.8. The number of hydrogen-bond acceptors (Lipinski definition) is 2. The molecule has 0 heterocycles. The summed E-state index contributed by atoms with van der Waals surface area (Å²) >= 11 is 0. The number of halogens is 2. The number of hydrogen-bond donors (Lipinski definition) is 1. The zero-order valence-corrected chi connectivity index (χ0v) is 8.30. The van der Waals surface area contributed by atoms with Gasteiger partial charge in [0.25, 0.3) is 0 Å². The summed E-state index contributed by atoms with van der Waals surface area (Å²) in [5.74, 6) is -1.37. The first-order valence-electron chi connectivity index (χ1n) is 5.08. The number of anilines is 1. The van der Waals surface area contributed by atoms with Crippen molar-refractivity contribution in [1.82, 2.24) is 0 Å². The molecule has 1 aromatic carbocycles. The summed E-state index contributed by atoms with van der Waals surface area (Å²) in [5.41, 5.74) is 5.26. The Hall–Kier alpha value is -1.32. The van der Waals surface area contributed by atoms with Crippen LogP contribution in [0.3, 0.4) is 0 Å². The Morgan fingerprint density at radius 2 is 1.80 bits per heavy atom. The molecular formula is C11H13F2NO. The van der Waals surface area contributed by atoms with Gasteiger partial charge in [-0.2, -0.15) is 0 Å². The molecule has 0 amide bonds. The average Bonchev–Trinajstić information content (AvgIpc) is 2.67. The van der Waals surface area contributed by atoms with Gasteiger partial charge in [-0.05, 0) is 25.7 Å². The Morgan fingerprint density at radius 3 is 2.47 bits per heavy atom. The van der Waals surface area contributed by atoms with Crippen LogP contribution in [0.4, 0.5) is 14.5 Å². The molecule has 0 spiro atoms. The minimum absolute atomic E-state index is 0.0457. The second kappa shape index (κ2) is 4.04. The van der Waals surface area contributed by atoms with Crippen molar-refractivity contribution < 1.29 is 13.5 Å². The minimum Gasteiger partial charge on any atom is -0.487 e. The van der Waals surface area contributed by atoms with Crippen molar-refractivity contribution in [3.05, 3.63) is 23.8 Å². The molecule has 1 aliphatic rings. The van der Waals surface area contributed by atoms with E-state index in [4.69, 9.17) is 10.5 Å². The van der Waals surface area contributed by atoms with E-state index in [1.807, 2.05) is 0 Å². The van der Waals surface area contributed by atoms with Crippen molar-refractivity contribution >= 4 is 5.69 Å². The fourth-order valence-electron chi connectivity index (χ4n) is 1.82. The number of nitrogens with two attached hydrogens (primary N) is 1. The summed E-state index contributed by atoms with van der Waals surface area (Å²) in [6.45, 7) is 0. The third kappa shape index (κ3) is 2.19. The van der Waals surface area contributed by atoms with Crippen molar-refractivity contribution in [3.8, 4) is 5.75 Å². The molecule has 82 valence electrons. The molecule has 1 aromatic rings. The maximum Gasteiger partial charge on any atom is 0.168 e. The number of rotatable bonds is 2. The highest BCUT2D eigenvalue weighted by Crippen LogP contribution is 2.28. The molecule has 1 saturated carbocycles. The normalized spacial score (nSPS) is 16.9. The molecule has 0 unspecified atom stereocenters. The van der Waals surface area contributed by atoms with Crippen LogP contribution in [-0.4, -0.2) is 6.10 Å². The van der Waals surface area contributed by atoms with E-state index < -0.39 is 11.6 Å². The predicted molar refractivity (Wildman–Crippen MR) is 53.7 cm³/mol. The molecule has 1 fully saturated rings. The van der Waals surface area contributed by atoms with Gasteiger partial charge in [0, 0.05) is 12.1 Å². The molecule has 2 rings (SSSR count). The van der Waals surface area contributed by atoms with Crippen molar-refractivity contribution in [2.45, 2.75) is 31.8 Å². The van der Waals surface area contributed by atoms with Gasteiger partial charge >= 0.3 is 0 Å². The minimum atomic E-state index is -0.744. The fraction of sp³-hybridized carbons (Fsp3) is 0.455. The van der Waals surface area contributed by atoms with E-state index in [0.29, 0.717) is 0 Å². The molecule has 2 N–H and O–H groups in total. The van der Waals surface area contributed by atoms with Gasteiger partial charge in [-0.25, -0.2) is 8.78 Å². The van der Waals surface area contributed by atoms with Gasteiger partial charge in [0.15, 0.2) is 11.6 Å². The van der Waals surface area contributed by atoms with Crippen LogP contribution in [-0.2, 0) is 0 Å². The number of ether oxygens (including phenoxy) is 1. The van der Waals surface area contributed by atoms with Crippen LogP contribution in [0.25, 0.3) is 0 Å². The van der Waals surface area contributed by atoms with Crippen LogP contribution in [0.2, 0.25) is 0 Å². The van der Waals surface area contributed by atoms with E-state index >= 15 is 0 Å². The van der Waals surface area contributed by atoms with Crippen LogP contribution in [0.5, 0.6) is 5.75 Å². The second-order valence-corrected chi connectivity index (χ2v) is 3.83. The number of benzene rings is 1. The molecule has 0 atom stereocenters. The van der Waals surface area contributed by atoms with Crippen molar-refractivity contribution in [1.29, 1.82) is 0 Å². The van der Waals surface area contributed by atoms with Crippen LogP contribution in [0.1, 0.15) is 25.7 Å². The lowest BCUT2D eigenvalue weighted by atomic mass is 10.2. The van der Waals surface area contributed by atoms with Crippen molar-refractivity contribution in [3.63, 3.8) is 0 Å². The summed E-state index contributed by atoms with van der Waals surface area (Å²) < 4.78 is 31.5. The van der Waals surface area contributed by atoms with E-state index in [1.54, 1.807) is 0 Å². The van der Waals surface area contributed by atoms with Crippen LogP contribution >= 0.6 is 0 Å². The molecule has 15 heavy (non-hydrogen) atoms. The molecule has 0 aromatic heterocycles. The van der Waals surface area contributed by atoms with Gasteiger partial charge in [0.05, 0.1) is 11.8 Å². The third-order valence-corrected chi connectivity index (χ3v) is 2.65. The second-order valence-electron chi connectivity index (χ2n) is 3.83. The standard InChI is InChI=1S/C11H13F2NO/c12-8-5-9(13)11(6-10(8)14)15-7-3-1-2-4-7/h5-7H,1-4,14H2. The molecule has 0 radical (unpaired) electrons. The summed E-state index contributed by atoms with van der Waals surface area (Å²) in [6, 6.07) is 1.97. The maximum absolute atomic E-state index is 13.3. The lowest BCUT2D eigenvalue weighted by Gasteiger charge is -2.14. The third-order valence-electron chi connectivity index (χ3n) is 2.65. The Morgan fingerprint density at radius 1 is 1.13 bits per heavy atom. The van der Waals surface area contributed by atoms with E-state index in [1.165, 1.54) is 6.07 Å². The van der Waals surface area contributed by atoms with Gasteiger partial charge in [-0.1, -0.05) is 0 Å². The summed E-state index contributed by atoms with van der Waals surface area (Å²) in [7, 11) is 0. The topological polar surface area (TPSA) is 35.2 Å². The Balaban J connectivity index is 2.16. The average molecular weight is 213 g/mol. The van der Waals surface area contributed by atoms with Crippen molar-refractivity contribution in [2.24, 2.45) is 0 Å². The summed E-state index contributed by atoms with van der Waals surface area (Å²) in [6.07, 6.45) is 4.10. The molecular weight excluding hydrogens is 200 g/mol. The van der Waals surface area contributed by atoms with Crippen LogP contribution in [0, 0.1) is 11.6 Å². The van der Waals surface area contributed by atoms with Crippen LogP contribution < -0.4 is 10.5 Å². The van der Waals surface area contributed by atoms with Gasteiger partial charge in [0.2, 0.25) is 0 Å². The van der Waals surface area contributed by atoms with E-state index in [-0.39, 0.29) is 17.5 Å². The zero-order valence-electron chi connectivity index (χ0n) is 8.30. The highest BCUT2D eigenvalue weighted by atomic mass is 19.1.